The van der Waals surface area contributed by atoms with Crippen molar-refractivity contribution in [2.24, 2.45) is 0 Å². The monoisotopic (exact) mass is 192 g/mol. The highest BCUT2D eigenvalue weighted by atomic mass is 16.3. The molecule has 0 radical (unpaired) electrons. The van der Waals surface area contributed by atoms with E-state index in [4.69, 9.17) is 0 Å². The van der Waals surface area contributed by atoms with Crippen molar-refractivity contribution >= 4 is 5.91 Å². The average molecular weight is 192 g/mol. The van der Waals surface area contributed by atoms with Gasteiger partial charge in [0.05, 0.1) is 0 Å². The van der Waals surface area contributed by atoms with Gasteiger partial charge in [-0.1, -0.05) is 0 Å². The Bertz CT molecular complexity index is 322. The predicted molar refractivity (Wildman–Crippen MR) is 50.4 cm³/mol. The zero-order valence-electron chi connectivity index (χ0n) is 7.68. The lowest BCUT2D eigenvalue weighted by Gasteiger charge is -2.10. The van der Waals surface area contributed by atoms with Crippen LogP contribution in [-0.2, 0) is 4.79 Å². The number of aromatic nitrogens is 1. The molecule has 0 aliphatic heterocycles. The van der Waals surface area contributed by atoms with E-state index in [2.05, 4.69) is 10.3 Å². The molecule has 0 aromatic carbocycles. The second-order valence-electron chi connectivity index (χ2n) is 3.47. The Balaban J connectivity index is 1.99. The van der Waals surface area contributed by atoms with E-state index >= 15 is 0 Å². The summed E-state index contributed by atoms with van der Waals surface area (Å²) < 4.78 is 0. The van der Waals surface area contributed by atoms with Gasteiger partial charge < -0.3 is 10.4 Å². The van der Waals surface area contributed by atoms with Crippen LogP contribution in [0.1, 0.15) is 24.5 Å². The summed E-state index contributed by atoms with van der Waals surface area (Å²) in [6, 6.07) is 3.55. The summed E-state index contributed by atoms with van der Waals surface area (Å²) in [5.41, 5.74) is 0.582. The summed E-state index contributed by atoms with van der Waals surface area (Å²) >= 11 is 0. The Hall–Kier alpha value is -1.42. The molecule has 4 heteroatoms. The van der Waals surface area contributed by atoms with Gasteiger partial charge >= 0.3 is 0 Å². The molecule has 1 amide bonds. The van der Waals surface area contributed by atoms with Gasteiger partial charge in [-0.2, -0.15) is 0 Å². The minimum Gasteiger partial charge on any atom is -0.378 e. The smallest absolute Gasteiger partial charge is 0.253 e. The van der Waals surface area contributed by atoms with E-state index in [1.165, 1.54) is 0 Å². The van der Waals surface area contributed by atoms with Crippen molar-refractivity contribution in [3.8, 4) is 0 Å². The number of nitrogens with zero attached hydrogens (tertiary/aromatic N) is 1. The molecular weight excluding hydrogens is 180 g/mol. The van der Waals surface area contributed by atoms with Gasteiger partial charge in [0, 0.05) is 18.4 Å². The van der Waals surface area contributed by atoms with E-state index < -0.39 is 6.10 Å². The number of hydrogen-bond acceptors (Lipinski definition) is 3. The van der Waals surface area contributed by atoms with Crippen molar-refractivity contribution in [1.29, 1.82) is 0 Å². The topological polar surface area (TPSA) is 62.2 Å². The van der Waals surface area contributed by atoms with Crippen LogP contribution in [0, 0.1) is 0 Å². The largest absolute Gasteiger partial charge is 0.378 e. The Morgan fingerprint density at radius 3 is 2.71 bits per heavy atom. The van der Waals surface area contributed by atoms with Gasteiger partial charge in [-0.25, -0.2) is 0 Å². The van der Waals surface area contributed by atoms with Crippen LogP contribution in [-0.4, -0.2) is 22.0 Å². The second kappa shape index (κ2) is 3.75. The molecule has 1 fully saturated rings. The fraction of sp³-hybridized carbons (Fsp3) is 0.400. The maximum absolute atomic E-state index is 11.4. The Labute approximate surface area is 82.0 Å². The summed E-state index contributed by atoms with van der Waals surface area (Å²) in [7, 11) is 0. The molecule has 2 rings (SSSR count). The summed E-state index contributed by atoms with van der Waals surface area (Å²) in [4.78, 5) is 15.2. The fourth-order valence-corrected chi connectivity index (χ4v) is 1.20. The highest BCUT2D eigenvalue weighted by Gasteiger charge is 2.26. The molecule has 1 heterocycles. The van der Waals surface area contributed by atoms with Gasteiger partial charge in [0.1, 0.15) is 0 Å². The Kier molecular flexibility index (Phi) is 2.45. The molecule has 1 aromatic rings. The van der Waals surface area contributed by atoms with Gasteiger partial charge in [-0.05, 0) is 30.5 Å². The first kappa shape index (κ1) is 9.15. The third-order valence-corrected chi connectivity index (χ3v) is 2.19. The Morgan fingerprint density at radius 1 is 1.50 bits per heavy atom. The molecule has 74 valence electrons. The molecule has 4 nitrogen and oxygen atoms in total. The van der Waals surface area contributed by atoms with Crippen LogP contribution in [0.4, 0.5) is 0 Å². The van der Waals surface area contributed by atoms with Crippen molar-refractivity contribution in [3.05, 3.63) is 30.1 Å². The number of hydrogen-bond donors (Lipinski definition) is 2. The van der Waals surface area contributed by atoms with E-state index in [9.17, 15) is 9.90 Å². The third kappa shape index (κ3) is 2.09. The first-order valence-electron chi connectivity index (χ1n) is 4.66. The fourth-order valence-electron chi connectivity index (χ4n) is 1.20. The number of aliphatic hydroxyl groups is 1. The molecule has 1 aliphatic rings. The molecule has 1 saturated carbocycles. The summed E-state index contributed by atoms with van der Waals surface area (Å²) in [6.07, 6.45) is 4.09. The molecule has 2 N–H and O–H groups in total. The van der Waals surface area contributed by atoms with E-state index in [0.717, 1.165) is 12.8 Å². The number of rotatable bonds is 3. The number of carbonyl (C=O) groups is 1. The molecule has 1 aromatic heterocycles. The SMILES string of the molecule is O=C(NC1CC1)C(O)c1ccncc1. The van der Waals surface area contributed by atoms with E-state index in [-0.39, 0.29) is 11.9 Å². The molecule has 14 heavy (non-hydrogen) atoms. The lowest BCUT2D eigenvalue weighted by atomic mass is 10.1. The lowest BCUT2D eigenvalue weighted by molar-refractivity contribution is -0.129. The van der Waals surface area contributed by atoms with Crippen molar-refractivity contribution < 1.29 is 9.90 Å². The minimum absolute atomic E-state index is 0.277. The maximum atomic E-state index is 11.4. The number of carbonyl (C=O) groups excluding carboxylic acids is 1. The zero-order chi connectivity index (χ0) is 9.97. The van der Waals surface area contributed by atoms with Gasteiger partial charge in [-0.3, -0.25) is 9.78 Å². The Morgan fingerprint density at radius 2 is 2.14 bits per heavy atom. The second-order valence-corrected chi connectivity index (χ2v) is 3.47. The van der Waals surface area contributed by atoms with Crippen molar-refractivity contribution in [1.82, 2.24) is 10.3 Å². The van der Waals surface area contributed by atoms with Gasteiger partial charge in [0.25, 0.3) is 5.91 Å². The van der Waals surface area contributed by atoms with Crippen LogP contribution in [0.2, 0.25) is 0 Å². The van der Waals surface area contributed by atoms with Crippen LogP contribution in [0.25, 0.3) is 0 Å². The maximum Gasteiger partial charge on any atom is 0.253 e. The highest BCUT2D eigenvalue weighted by molar-refractivity contribution is 5.82. The van der Waals surface area contributed by atoms with E-state index in [1.54, 1.807) is 24.5 Å². The van der Waals surface area contributed by atoms with Crippen LogP contribution in [0.3, 0.4) is 0 Å². The zero-order valence-corrected chi connectivity index (χ0v) is 7.68. The van der Waals surface area contributed by atoms with Crippen LogP contribution >= 0.6 is 0 Å². The van der Waals surface area contributed by atoms with Crippen LogP contribution < -0.4 is 5.32 Å². The molecule has 0 saturated heterocycles. The molecule has 1 atom stereocenters. The lowest BCUT2D eigenvalue weighted by Crippen LogP contribution is -2.30. The molecule has 1 unspecified atom stereocenters. The van der Waals surface area contributed by atoms with E-state index in [0.29, 0.717) is 5.56 Å². The number of nitrogens with one attached hydrogen (secondary N) is 1. The highest BCUT2D eigenvalue weighted by Crippen LogP contribution is 2.20. The number of pyridine rings is 1. The van der Waals surface area contributed by atoms with Gasteiger partial charge in [-0.15, -0.1) is 0 Å². The number of aliphatic hydroxyl groups excluding tert-OH is 1. The molecule has 0 spiro atoms. The third-order valence-electron chi connectivity index (χ3n) is 2.19. The quantitative estimate of drug-likeness (QED) is 0.728. The van der Waals surface area contributed by atoms with Gasteiger partial charge in [0.15, 0.2) is 6.10 Å². The molecule has 1 aliphatic carbocycles. The standard InChI is InChI=1S/C10H12N2O2/c13-9(7-3-5-11-6-4-7)10(14)12-8-1-2-8/h3-6,8-9,13H,1-2H2,(H,12,14). The normalized spacial score (nSPS) is 17.5. The first-order chi connectivity index (χ1) is 6.77. The molecule has 0 bridgehead atoms. The van der Waals surface area contributed by atoms with Crippen molar-refractivity contribution in [3.63, 3.8) is 0 Å². The number of amides is 1. The van der Waals surface area contributed by atoms with Gasteiger partial charge in [0.2, 0.25) is 0 Å². The summed E-state index contributed by atoms with van der Waals surface area (Å²) in [5.74, 6) is -0.321. The van der Waals surface area contributed by atoms with Crippen molar-refractivity contribution in [2.45, 2.75) is 25.0 Å². The van der Waals surface area contributed by atoms with Crippen molar-refractivity contribution in [2.75, 3.05) is 0 Å². The summed E-state index contributed by atoms with van der Waals surface area (Å²) in [5, 5.41) is 12.4. The molecular formula is C10H12N2O2. The van der Waals surface area contributed by atoms with E-state index in [1.807, 2.05) is 0 Å². The summed E-state index contributed by atoms with van der Waals surface area (Å²) in [6.45, 7) is 0. The predicted octanol–water partition coefficient (Wildman–Crippen LogP) is 0.394. The van der Waals surface area contributed by atoms with Crippen LogP contribution in [0.5, 0.6) is 0 Å². The van der Waals surface area contributed by atoms with Crippen LogP contribution in [0.15, 0.2) is 24.5 Å². The average Bonchev–Trinajstić information content (AvgIpc) is 3.02. The first-order valence-corrected chi connectivity index (χ1v) is 4.66. The minimum atomic E-state index is -1.07.